The van der Waals surface area contributed by atoms with Gasteiger partial charge in [-0.15, -0.1) is 0 Å². The molecule has 0 amide bonds. The highest BCUT2D eigenvalue weighted by Crippen LogP contribution is 2.32. The number of allylic oxidation sites excluding steroid dienone is 1. The minimum absolute atomic E-state index is 0.0694. The second-order valence-electron chi connectivity index (χ2n) is 4.18. The van der Waals surface area contributed by atoms with E-state index in [0.29, 0.717) is 0 Å². The lowest BCUT2D eigenvalue weighted by Gasteiger charge is -2.04. The summed E-state index contributed by atoms with van der Waals surface area (Å²) in [5, 5.41) is 0. The first-order chi connectivity index (χ1) is 7.79. The number of rotatable bonds is 2. The molecule has 0 aromatic heterocycles. The van der Waals surface area contributed by atoms with Crippen molar-refractivity contribution in [1.29, 1.82) is 0 Å². The van der Waals surface area contributed by atoms with Crippen molar-refractivity contribution < 1.29 is 9.53 Å². The van der Waals surface area contributed by atoms with E-state index in [1.165, 1.54) is 18.2 Å². The van der Waals surface area contributed by atoms with E-state index in [-0.39, 0.29) is 11.9 Å². The monoisotopic (exact) mass is 216 g/mol. The minimum Gasteiger partial charge on any atom is -0.469 e. The molecule has 0 N–H and O–H groups in total. The van der Waals surface area contributed by atoms with Crippen molar-refractivity contribution in [2.24, 2.45) is 5.92 Å². The number of hydrogen-bond acceptors (Lipinski definition) is 2. The quantitative estimate of drug-likeness (QED) is 0.710. The summed E-state index contributed by atoms with van der Waals surface area (Å²) < 4.78 is 4.77. The summed E-state index contributed by atoms with van der Waals surface area (Å²) in [7, 11) is 1.46. The first-order valence-electron chi connectivity index (χ1n) is 5.62. The van der Waals surface area contributed by atoms with Crippen molar-refractivity contribution >= 4 is 12.0 Å². The Balaban J connectivity index is 2.04. The Morgan fingerprint density at radius 3 is 2.81 bits per heavy atom. The Labute approximate surface area is 95.9 Å². The van der Waals surface area contributed by atoms with Crippen LogP contribution in [-0.4, -0.2) is 13.1 Å². The van der Waals surface area contributed by atoms with Gasteiger partial charge in [0.15, 0.2) is 0 Å². The Morgan fingerprint density at radius 1 is 1.38 bits per heavy atom. The average Bonchev–Trinajstić information content (AvgIpc) is 2.78. The highest BCUT2D eigenvalue weighted by Gasteiger charge is 2.26. The van der Waals surface area contributed by atoms with E-state index < -0.39 is 0 Å². The summed E-state index contributed by atoms with van der Waals surface area (Å²) in [6, 6.07) is 10.2. The highest BCUT2D eigenvalue weighted by molar-refractivity contribution is 5.74. The topological polar surface area (TPSA) is 26.3 Å². The fraction of sp³-hybridized carbons (Fsp3) is 0.357. The number of carbonyl (C=O) groups is 1. The molecular formula is C14H16O2. The molecule has 2 rings (SSSR count). The van der Waals surface area contributed by atoms with Gasteiger partial charge in [0, 0.05) is 0 Å². The molecular weight excluding hydrogens is 200 g/mol. The Morgan fingerprint density at radius 2 is 2.12 bits per heavy atom. The number of ether oxygens (including phenoxy) is 1. The van der Waals surface area contributed by atoms with E-state index in [1.807, 2.05) is 18.2 Å². The summed E-state index contributed by atoms with van der Waals surface area (Å²) >= 11 is 0. The smallest absolute Gasteiger partial charge is 0.308 e. The second-order valence-corrected chi connectivity index (χ2v) is 4.18. The van der Waals surface area contributed by atoms with E-state index in [2.05, 4.69) is 18.2 Å². The summed E-state index contributed by atoms with van der Waals surface area (Å²) in [6.45, 7) is 0. The molecule has 1 aliphatic rings. The molecule has 2 heteroatoms. The number of carbonyl (C=O) groups excluding carboxylic acids is 1. The Hall–Kier alpha value is -1.57. The lowest BCUT2D eigenvalue weighted by molar-refractivity contribution is -0.145. The lowest BCUT2D eigenvalue weighted by atomic mass is 10.1. The fourth-order valence-corrected chi connectivity index (χ4v) is 2.16. The Kier molecular flexibility index (Phi) is 3.40. The van der Waals surface area contributed by atoms with Crippen molar-refractivity contribution in [3.05, 3.63) is 41.5 Å². The molecule has 0 saturated heterocycles. The standard InChI is InChI=1S/C14H16O2/c1-16-14(15)13-8-7-12(10-13)9-11-5-3-2-4-6-11/h2-6,9,13H,7-8,10H2,1H3/b12-9+. The molecule has 0 aliphatic heterocycles. The molecule has 1 aliphatic carbocycles. The third-order valence-corrected chi connectivity index (χ3v) is 3.03. The van der Waals surface area contributed by atoms with Crippen LogP contribution in [0.25, 0.3) is 6.08 Å². The van der Waals surface area contributed by atoms with Gasteiger partial charge in [-0.2, -0.15) is 0 Å². The van der Waals surface area contributed by atoms with Gasteiger partial charge >= 0.3 is 5.97 Å². The molecule has 1 saturated carbocycles. The van der Waals surface area contributed by atoms with Crippen LogP contribution in [0.2, 0.25) is 0 Å². The molecule has 1 aromatic rings. The van der Waals surface area contributed by atoms with Crippen LogP contribution >= 0.6 is 0 Å². The van der Waals surface area contributed by atoms with E-state index >= 15 is 0 Å². The third-order valence-electron chi connectivity index (χ3n) is 3.03. The van der Waals surface area contributed by atoms with Crippen LogP contribution in [0, 0.1) is 5.92 Å². The molecule has 1 fully saturated rings. The van der Waals surface area contributed by atoms with Crippen LogP contribution in [0.4, 0.5) is 0 Å². The number of methoxy groups -OCH3 is 1. The van der Waals surface area contributed by atoms with Crippen molar-refractivity contribution in [2.45, 2.75) is 19.3 Å². The zero-order valence-electron chi connectivity index (χ0n) is 9.48. The number of esters is 1. The van der Waals surface area contributed by atoms with Crippen molar-refractivity contribution in [3.63, 3.8) is 0 Å². The maximum atomic E-state index is 11.4. The predicted molar refractivity (Wildman–Crippen MR) is 63.8 cm³/mol. The molecule has 0 spiro atoms. The zero-order chi connectivity index (χ0) is 11.4. The van der Waals surface area contributed by atoms with E-state index in [9.17, 15) is 4.79 Å². The van der Waals surface area contributed by atoms with Crippen molar-refractivity contribution in [2.75, 3.05) is 7.11 Å². The van der Waals surface area contributed by atoms with Crippen molar-refractivity contribution in [1.82, 2.24) is 0 Å². The van der Waals surface area contributed by atoms with Gasteiger partial charge in [0.1, 0.15) is 0 Å². The molecule has 84 valence electrons. The van der Waals surface area contributed by atoms with Crippen LogP contribution in [0.1, 0.15) is 24.8 Å². The van der Waals surface area contributed by atoms with Crippen LogP contribution in [0.5, 0.6) is 0 Å². The second kappa shape index (κ2) is 4.97. The zero-order valence-corrected chi connectivity index (χ0v) is 9.48. The van der Waals surface area contributed by atoms with Crippen LogP contribution in [-0.2, 0) is 9.53 Å². The minimum atomic E-state index is -0.0727. The van der Waals surface area contributed by atoms with E-state index in [0.717, 1.165) is 19.3 Å². The SMILES string of the molecule is COC(=O)C1CC/C(=C\c2ccccc2)C1. The molecule has 0 bridgehead atoms. The first-order valence-corrected chi connectivity index (χ1v) is 5.62. The fourth-order valence-electron chi connectivity index (χ4n) is 2.16. The average molecular weight is 216 g/mol. The van der Waals surface area contributed by atoms with Gasteiger partial charge in [-0.1, -0.05) is 42.0 Å². The number of hydrogen-bond donors (Lipinski definition) is 0. The van der Waals surface area contributed by atoms with Crippen LogP contribution in [0.3, 0.4) is 0 Å². The predicted octanol–water partition coefficient (Wildman–Crippen LogP) is 3.04. The molecule has 1 unspecified atom stereocenters. The van der Waals surface area contributed by atoms with Gasteiger partial charge in [0.05, 0.1) is 13.0 Å². The molecule has 2 nitrogen and oxygen atoms in total. The van der Waals surface area contributed by atoms with Crippen molar-refractivity contribution in [3.8, 4) is 0 Å². The van der Waals surface area contributed by atoms with Gasteiger partial charge in [-0.3, -0.25) is 4.79 Å². The summed E-state index contributed by atoms with van der Waals surface area (Å²) in [5.41, 5.74) is 2.56. The largest absolute Gasteiger partial charge is 0.469 e. The molecule has 1 aromatic carbocycles. The molecule has 0 heterocycles. The van der Waals surface area contributed by atoms with Gasteiger partial charge in [-0.25, -0.2) is 0 Å². The van der Waals surface area contributed by atoms with Crippen LogP contribution < -0.4 is 0 Å². The summed E-state index contributed by atoms with van der Waals surface area (Å²) in [5.74, 6) is -0.00331. The highest BCUT2D eigenvalue weighted by atomic mass is 16.5. The lowest BCUT2D eigenvalue weighted by Crippen LogP contribution is -2.11. The molecule has 16 heavy (non-hydrogen) atoms. The third kappa shape index (κ3) is 2.51. The maximum Gasteiger partial charge on any atom is 0.308 e. The van der Waals surface area contributed by atoms with Gasteiger partial charge in [-0.05, 0) is 24.8 Å². The van der Waals surface area contributed by atoms with Crippen LogP contribution in [0.15, 0.2) is 35.9 Å². The van der Waals surface area contributed by atoms with Gasteiger partial charge in [0.25, 0.3) is 0 Å². The van der Waals surface area contributed by atoms with Gasteiger partial charge in [0.2, 0.25) is 0 Å². The molecule has 1 atom stereocenters. The Bertz CT molecular complexity index is 392. The first kappa shape index (κ1) is 10.9. The van der Waals surface area contributed by atoms with E-state index in [4.69, 9.17) is 4.74 Å². The van der Waals surface area contributed by atoms with E-state index in [1.54, 1.807) is 0 Å². The number of benzene rings is 1. The van der Waals surface area contributed by atoms with Gasteiger partial charge < -0.3 is 4.74 Å². The molecule has 0 radical (unpaired) electrons. The summed E-state index contributed by atoms with van der Waals surface area (Å²) in [6.07, 6.45) is 4.96. The maximum absolute atomic E-state index is 11.4. The normalized spacial score (nSPS) is 22.3. The summed E-state index contributed by atoms with van der Waals surface area (Å²) in [4.78, 5) is 11.4.